The van der Waals surface area contributed by atoms with Crippen molar-refractivity contribution < 1.29 is 0 Å². The Morgan fingerprint density at radius 2 is 1.47 bits per heavy atom. The predicted octanol–water partition coefficient (Wildman–Crippen LogP) is 5.92. The minimum atomic E-state index is 1.15. The van der Waals surface area contributed by atoms with Crippen molar-refractivity contribution in [3.05, 3.63) is 37.5 Å². The third-order valence-corrected chi connectivity index (χ3v) is 1.53. The summed E-state index contributed by atoms with van der Waals surface area (Å²) in [4.78, 5) is 0. The Morgan fingerprint density at radius 1 is 0.933 bits per heavy atom. The van der Waals surface area contributed by atoms with E-state index in [0.29, 0.717) is 0 Å². The van der Waals surface area contributed by atoms with Crippen molar-refractivity contribution in [2.24, 2.45) is 0 Å². The summed E-state index contributed by atoms with van der Waals surface area (Å²) >= 11 is 0. The van der Waals surface area contributed by atoms with Gasteiger partial charge < -0.3 is 0 Å². The topological polar surface area (TPSA) is 0 Å². The number of rotatable bonds is 5. The highest BCUT2D eigenvalue weighted by Gasteiger charge is 1.68. The maximum absolute atomic E-state index is 3.55. The second-order valence-corrected chi connectivity index (χ2v) is 3.19. The van der Waals surface area contributed by atoms with Gasteiger partial charge in [0.2, 0.25) is 0 Å². The lowest BCUT2D eigenvalue weighted by Gasteiger charge is -1.79. The Bertz CT molecular complexity index is 118. The molecule has 0 aliphatic rings. The monoisotopic (exact) mass is 210 g/mol. The van der Waals surface area contributed by atoms with Crippen LogP contribution in [0.4, 0.5) is 0 Å². The van der Waals surface area contributed by atoms with Crippen LogP contribution in [0.25, 0.3) is 0 Å². The molecule has 0 aromatic heterocycles. The van der Waals surface area contributed by atoms with Gasteiger partial charge in [0.1, 0.15) is 0 Å². The molecule has 0 heterocycles. The molecule has 0 aliphatic heterocycles. The van der Waals surface area contributed by atoms with Crippen LogP contribution in [0.5, 0.6) is 0 Å². The van der Waals surface area contributed by atoms with Crippen molar-refractivity contribution >= 4 is 0 Å². The molecule has 0 spiro atoms. The van der Waals surface area contributed by atoms with E-state index in [1.165, 1.54) is 25.7 Å². The van der Waals surface area contributed by atoms with E-state index < -0.39 is 0 Å². The van der Waals surface area contributed by atoms with Crippen molar-refractivity contribution in [1.82, 2.24) is 0 Å². The zero-order chi connectivity index (χ0) is 12.4. The van der Waals surface area contributed by atoms with Crippen molar-refractivity contribution in [3.8, 4) is 0 Å². The van der Waals surface area contributed by atoms with Gasteiger partial charge in [-0.2, -0.15) is 0 Å². The minimum absolute atomic E-state index is 1.15. The molecule has 0 aromatic rings. The van der Waals surface area contributed by atoms with Gasteiger partial charge in [-0.05, 0) is 13.3 Å². The first-order valence-corrected chi connectivity index (χ1v) is 6.09. The fourth-order valence-corrected chi connectivity index (χ4v) is 0.694. The summed E-state index contributed by atoms with van der Waals surface area (Å²) in [6.45, 7) is 15.5. The molecule has 0 saturated heterocycles. The number of hydrogen-bond acceptors (Lipinski definition) is 0. The van der Waals surface area contributed by atoms with Crippen LogP contribution in [0.15, 0.2) is 37.5 Å². The molecule has 0 N–H and O–H groups in total. The largest absolute Gasteiger partial charge is 0.103 e. The number of unbranched alkanes of at least 4 members (excludes halogenated alkanes) is 3. The second kappa shape index (κ2) is 29.2. The van der Waals surface area contributed by atoms with Gasteiger partial charge in [-0.25, -0.2) is 0 Å². The average molecular weight is 210 g/mol. The number of hydrogen-bond donors (Lipinski definition) is 0. The van der Waals surface area contributed by atoms with E-state index in [0.717, 1.165) is 6.42 Å². The van der Waals surface area contributed by atoms with Crippen LogP contribution in [0, 0.1) is 0 Å². The normalized spacial score (nSPS) is 8.27. The molecule has 90 valence electrons. The summed E-state index contributed by atoms with van der Waals surface area (Å²) in [6, 6.07) is 0. The first-order valence-electron chi connectivity index (χ1n) is 6.09. The molecule has 0 aromatic carbocycles. The van der Waals surface area contributed by atoms with Gasteiger partial charge in [0.05, 0.1) is 0 Å². The van der Waals surface area contributed by atoms with Gasteiger partial charge in [0.25, 0.3) is 0 Å². The lowest BCUT2D eigenvalue weighted by molar-refractivity contribution is 0.772. The molecule has 0 fully saturated rings. The van der Waals surface area contributed by atoms with Crippen molar-refractivity contribution in [1.29, 1.82) is 0 Å². The molecule has 0 unspecified atom stereocenters. The first kappa shape index (κ1) is 19.7. The Hall–Kier alpha value is -0.780. The van der Waals surface area contributed by atoms with E-state index in [-0.39, 0.29) is 0 Å². The molecule has 0 atom stereocenters. The predicted molar refractivity (Wildman–Crippen MR) is 75.3 cm³/mol. The Kier molecular flexibility index (Phi) is 38.5. The Morgan fingerprint density at radius 3 is 1.47 bits per heavy atom. The average Bonchev–Trinajstić information content (AvgIpc) is 2.23. The quantitative estimate of drug-likeness (QED) is 0.390. The zero-order valence-electron chi connectivity index (χ0n) is 11.3. The molecular formula is C15H30. The highest BCUT2D eigenvalue weighted by Crippen LogP contribution is 1.88. The van der Waals surface area contributed by atoms with E-state index in [1.807, 2.05) is 25.2 Å². The van der Waals surface area contributed by atoms with E-state index >= 15 is 0 Å². The third kappa shape index (κ3) is 61.1. The Balaban J connectivity index is -0.000000144. The standard InChI is InChI=1S/C5H12.C5H10.C5H8/c3*1-3-5-4-2/h3-5H2,1-2H3;3H,1,4-5H2,2H3;3-5H,1H2,2H3. The molecular weight excluding hydrogens is 180 g/mol. The summed E-state index contributed by atoms with van der Waals surface area (Å²) in [5.74, 6) is 0. The van der Waals surface area contributed by atoms with Gasteiger partial charge in [0.15, 0.2) is 0 Å². The van der Waals surface area contributed by atoms with Gasteiger partial charge in [-0.1, -0.05) is 77.3 Å². The maximum Gasteiger partial charge on any atom is -0.0356 e. The highest BCUT2D eigenvalue weighted by atomic mass is 13.7. The van der Waals surface area contributed by atoms with E-state index in [4.69, 9.17) is 0 Å². The molecule has 0 rings (SSSR count). The van der Waals surface area contributed by atoms with Crippen LogP contribution in [0.3, 0.4) is 0 Å². The zero-order valence-corrected chi connectivity index (χ0v) is 11.3. The van der Waals surface area contributed by atoms with E-state index in [2.05, 4.69) is 33.9 Å². The molecule has 0 amide bonds. The lowest BCUT2D eigenvalue weighted by atomic mass is 10.3. The first-order chi connectivity index (χ1) is 7.24. The van der Waals surface area contributed by atoms with Gasteiger partial charge >= 0.3 is 0 Å². The summed E-state index contributed by atoms with van der Waals surface area (Å²) in [6.07, 6.45) is 14.0. The van der Waals surface area contributed by atoms with E-state index in [9.17, 15) is 0 Å². The Labute approximate surface area is 97.8 Å². The third-order valence-electron chi connectivity index (χ3n) is 1.53. The van der Waals surface area contributed by atoms with Crippen LogP contribution < -0.4 is 0 Å². The van der Waals surface area contributed by atoms with Crippen LogP contribution in [-0.4, -0.2) is 0 Å². The molecule has 0 aliphatic carbocycles. The van der Waals surface area contributed by atoms with Crippen LogP contribution in [-0.2, 0) is 0 Å². The smallest absolute Gasteiger partial charge is 0.0356 e. The van der Waals surface area contributed by atoms with Crippen molar-refractivity contribution in [2.45, 2.75) is 59.8 Å². The van der Waals surface area contributed by atoms with Gasteiger partial charge in [-0.15, -0.1) is 6.58 Å². The molecule has 0 heteroatoms. The van der Waals surface area contributed by atoms with Crippen LogP contribution in [0.1, 0.15) is 59.8 Å². The second-order valence-electron chi connectivity index (χ2n) is 3.19. The molecule has 0 bridgehead atoms. The van der Waals surface area contributed by atoms with Crippen molar-refractivity contribution in [3.63, 3.8) is 0 Å². The number of allylic oxidation sites excluding steroid dienone is 4. The molecule has 15 heavy (non-hydrogen) atoms. The van der Waals surface area contributed by atoms with Gasteiger partial charge in [0, 0.05) is 0 Å². The highest BCUT2D eigenvalue weighted by molar-refractivity contribution is 4.94. The summed E-state index contributed by atoms with van der Waals surface area (Å²) in [5, 5.41) is 0. The molecule has 0 nitrogen and oxygen atoms in total. The fourth-order valence-electron chi connectivity index (χ4n) is 0.694. The lowest BCUT2D eigenvalue weighted by Crippen LogP contribution is -1.59. The summed E-state index contributed by atoms with van der Waals surface area (Å²) < 4.78 is 0. The van der Waals surface area contributed by atoms with E-state index in [1.54, 1.807) is 6.08 Å². The fraction of sp³-hybridized carbons (Fsp3) is 0.600. The van der Waals surface area contributed by atoms with Gasteiger partial charge in [-0.3, -0.25) is 0 Å². The van der Waals surface area contributed by atoms with Crippen LogP contribution in [0.2, 0.25) is 0 Å². The maximum atomic E-state index is 3.55. The summed E-state index contributed by atoms with van der Waals surface area (Å²) in [7, 11) is 0. The molecule has 0 saturated carbocycles. The van der Waals surface area contributed by atoms with Crippen LogP contribution >= 0.6 is 0 Å². The van der Waals surface area contributed by atoms with Crippen molar-refractivity contribution in [2.75, 3.05) is 0 Å². The molecule has 0 radical (unpaired) electrons. The summed E-state index contributed by atoms with van der Waals surface area (Å²) in [5.41, 5.74) is 0. The minimum Gasteiger partial charge on any atom is -0.103 e. The SMILES string of the molecule is C=CC=CC.C=CCCC.CCCCC.